The summed E-state index contributed by atoms with van der Waals surface area (Å²) in [6.45, 7) is 1.12. The van der Waals surface area contributed by atoms with Gasteiger partial charge in [-0.05, 0) is 16.7 Å². The van der Waals surface area contributed by atoms with Gasteiger partial charge in [0.1, 0.15) is 29.0 Å². The Morgan fingerprint density at radius 3 is 2.05 bits per heavy atom. The summed E-state index contributed by atoms with van der Waals surface area (Å²) in [5.41, 5.74) is 2.80. The molecule has 0 aliphatic carbocycles. The molecule has 1 saturated heterocycles. The third-order valence-electron chi connectivity index (χ3n) is 7.11. The second-order valence-electron chi connectivity index (χ2n) is 10.1. The minimum absolute atomic E-state index is 0.0377. The van der Waals surface area contributed by atoms with Crippen LogP contribution in [-0.2, 0) is 33.4 Å². The third-order valence-corrected chi connectivity index (χ3v) is 9.64. The molecule has 0 bridgehead atoms. The van der Waals surface area contributed by atoms with Crippen molar-refractivity contribution >= 4 is 47.3 Å². The van der Waals surface area contributed by atoms with Gasteiger partial charge in [-0.25, -0.2) is 4.79 Å². The molecule has 2 unspecified atom stereocenters. The number of methoxy groups -OCH3 is 1. The van der Waals surface area contributed by atoms with E-state index in [2.05, 4.69) is 5.32 Å². The van der Waals surface area contributed by atoms with Crippen molar-refractivity contribution in [2.24, 2.45) is 0 Å². The van der Waals surface area contributed by atoms with E-state index >= 15 is 0 Å². The van der Waals surface area contributed by atoms with Crippen molar-refractivity contribution in [1.29, 1.82) is 0 Å². The van der Waals surface area contributed by atoms with Crippen LogP contribution in [0.3, 0.4) is 0 Å². The normalized spacial score (nSPS) is 18.2. The Balaban J connectivity index is 1.40. The molecule has 0 aromatic heterocycles. The molecule has 0 radical (unpaired) electrons. The minimum atomic E-state index is -0.848. The molecular formula is C33H32N2O7S2. The van der Waals surface area contributed by atoms with Crippen LogP contribution in [0.25, 0.3) is 0 Å². The number of fused-ring (bicyclic) bond motifs is 1. The number of esters is 2. The van der Waals surface area contributed by atoms with Crippen LogP contribution in [0.15, 0.2) is 102 Å². The van der Waals surface area contributed by atoms with E-state index in [0.29, 0.717) is 11.3 Å². The quantitative estimate of drug-likeness (QED) is 0.174. The molecule has 2 amide bonds. The first-order valence-electron chi connectivity index (χ1n) is 14.0. The fourth-order valence-electron chi connectivity index (χ4n) is 5.03. The fraction of sp³-hybridized carbons (Fsp3) is 0.273. The van der Waals surface area contributed by atoms with Crippen LogP contribution in [0.2, 0.25) is 0 Å². The highest BCUT2D eigenvalue weighted by atomic mass is 32.2. The molecule has 3 atom stereocenters. The summed E-state index contributed by atoms with van der Waals surface area (Å²) in [5, 5.41) is 1.77. The van der Waals surface area contributed by atoms with Gasteiger partial charge in [0.05, 0.1) is 5.94 Å². The highest BCUT2D eigenvalue weighted by Gasteiger charge is 2.55. The van der Waals surface area contributed by atoms with Crippen LogP contribution in [0.5, 0.6) is 0 Å². The molecule has 3 aromatic rings. The molecule has 1 fully saturated rings. The monoisotopic (exact) mass is 632 g/mol. The number of carbonyl (C=O) groups is 4. The summed E-state index contributed by atoms with van der Waals surface area (Å²) in [4.78, 5) is 54.1. The number of hydrogen-bond acceptors (Lipinski definition) is 9. The molecule has 2 aliphatic heterocycles. The Morgan fingerprint density at radius 2 is 1.50 bits per heavy atom. The van der Waals surface area contributed by atoms with Crippen LogP contribution in [0.1, 0.15) is 35.0 Å². The predicted octanol–water partition coefficient (Wildman–Crippen LogP) is 4.61. The summed E-state index contributed by atoms with van der Waals surface area (Å²) < 4.78 is 16.6. The average molecular weight is 633 g/mol. The Kier molecular flexibility index (Phi) is 10.4. The average Bonchev–Trinajstić information content (AvgIpc) is 3.06. The number of benzene rings is 3. The second-order valence-corrected chi connectivity index (χ2v) is 12.2. The molecule has 2 heterocycles. The second kappa shape index (κ2) is 14.6. The maximum Gasteiger partial charge on any atom is 0.356 e. The third kappa shape index (κ3) is 7.01. The molecule has 3 aromatic carbocycles. The Hall–Kier alpha value is -4.06. The number of rotatable bonds is 12. The topological polar surface area (TPSA) is 111 Å². The molecule has 44 heavy (non-hydrogen) atoms. The number of hydrogen-bond donors (Lipinski definition) is 1. The Bertz CT molecular complexity index is 1480. The highest BCUT2D eigenvalue weighted by molar-refractivity contribution is 8.00. The highest BCUT2D eigenvalue weighted by Crippen LogP contribution is 2.42. The number of nitrogens with zero attached hydrogens (tertiary/aromatic N) is 1. The maximum atomic E-state index is 14.0. The molecule has 11 heteroatoms. The van der Waals surface area contributed by atoms with Gasteiger partial charge >= 0.3 is 11.9 Å². The molecule has 5 rings (SSSR count). The number of thioether (sulfide) groups is 2. The van der Waals surface area contributed by atoms with Crippen LogP contribution in [0.4, 0.5) is 0 Å². The van der Waals surface area contributed by atoms with Crippen LogP contribution in [0, 0.1) is 0 Å². The number of ether oxygens (including phenoxy) is 3. The van der Waals surface area contributed by atoms with E-state index in [0.717, 1.165) is 16.7 Å². The van der Waals surface area contributed by atoms with Gasteiger partial charge in [-0.15, -0.1) is 23.5 Å². The zero-order chi connectivity index (χ0) is 31.1. The van der Waals surface area contributed by atoms with E-state index in [1.165, 1.54) is 35.3 Å². The zero-order valence-electron chi connectivity index (χ0n) is 24.2. The summed E-state index contributed by atoms with van der Waals surface area (Å²) in [5.74, 6) is -1.40. The van der Waals surface area contributed by atoms with Crippen LogP contribution in [-0.4, -0.2) is 65.5 Å². The predicted molar refractivity (Wildman–Crippen MR) is 168 cm³/mol. The van der Waals surface area contributed by atoms with Crippen molar-refractivity contribution in [1.82, 2.24) is 10.2 Å². The van der Waals surface area contributed by atoms with Gasteiger partial charge in [0.25, 0.3) is 5.91 Å². The first-order chi connectivity index (χ1) is 21.4. The van der Waals surface area contributed by atoms with Gasteiger partial charge in [-0.2, -0.15) is 0 Å². The smallest absolute Gasteiger partial charge is 0.356 e. The SMILES string of the molecule is COCSC(C(=O)N[C@H]1C(=O)N2C(C(=O)OC(c3ccccc3)c3ccccc3)=C(COC(C)=O)CSC12)c1ccccc1. The van der Waals surface area contributed by atoms with Gasteiger partial charge in [0.2, 0.25) is 5.91 Å². The molecular weight excluding hydrogens is 601 g/mol. The molecule has 9 nitrogen and oxygen atoms in total. The van der Waals surface area contributed by atoms with Crippen molar-refractivity contribution in [2.75, 3.05) is 25.4 Å². The number of nitrogens with one attached hydrogen (secondary N) is 1. The Morgan fingerprint density at radius 1 is 0.932 bits per heavy atom. The van der Waals surface area contributed by atoms with Gasteiger partial charge in [-0.1, -0.05) is 91.0 Å². The lowest BCUT2D eigenvalue weighted by molar-refractivity contribution is -0.155. The molecule has 0 saturated carbocycles. The number of amides is 2. The van der Waals surface area contributed by atoms with Gasteiger partial charge in [-0.3, -0.25) is 19.3 Å². The Labute approximate surface area is 264 Å². The molecule has 2 aliphatic rings. The first kappa shape index (κ1) is 31.4. The lowest BCUT2D eigenvalue weighted by Gasteiger charge is -2.50. The van der Waals surface area contributed by atoms with E-state index in [1.807, 2.05) is 91.0 Å². The summed E-state index contributed by atoms with van der Waals surface area (Å²) in [6, 6.07) is 27.1. The first-order valence-corrected chi connectivity index (χ1v) is 16.1. The van der Waals surface area contributed by atoms with Gasteiger partial charge in [0, 0.05) is 25.4 Å². The number of β-lactam (4-membered cyclic amide) rings is 1. The zero-order valence-corrected chi connectivity index (χ0v) is 25.8. The van der Waals surface area contributed by atoms with Crippen molar-refractivity contribution in [3.63, 3.8) is 0 Å². The van der Waals surface area contributed by atoms with E-state index in [9.17, 15) is 19.2 Å². The largest absolute Gasteiger partial charge is 0.461 e. The van der Waals surface area contributed by atoms with Crippen LogP contribution < -0.4 is 5.32 Å². The van der Waals surface area contributed by atoms with E-state index in [4.69, 9.17) is 14.2 Å². The van der Waals surface area contributed by atoms with Crippen molar-refractivity contribution in [3.8, 4) is 0 Å². The standard InChI is InChI=1S/C33H32N2O7S2/c1-21(36)41-18-25-19-43-32-26(34-30(37)29(44-20-40-2)24-16-10-5-11-17-24)31(38)35(32)27(25)33(39)42-28(22-12-6-3-7-13-22)23-14-8-4-9-15-23/h3-17,26,28-29,32H,18-20H2,1-2H3,(H,34,37)/t26-,29?,32?/m0/s1. The summed E-state index contributed by atoms with van der Waals surface area (Å²) >= 11 is 2.70. The van der Waals surface area contributed by atoms with E-state index in [1.54, 1.807) is 7.11 Å². The summed E-state index contributed by atoms with van der Waals surface area (Å²) in [6.07, 6.45) is -0.739. The van der Waals surface area contributed by atoms with Gasteiger partial charge in [0.15, 0.2) is 6.10 Å². The van der Waals surface area contributed by atoms with Gasteiger partial charge < -0.3 is 19.5 Å². The lowest BCUT2D eigenvalue weighted by Crippen LogP contribution is -2.71. The molecule has 228 valence electrons. The fourth-order valence-corrected chi connectivity index (χ4v) is 7.20. The molecule has 0 spiro atoms. The van der Waals surface area contributed by atoms with Crippen molar-refractivity contribution in [3.05, 3.63) is 119 Å². The number of carbonyl (C=O) groups excluding carboxylic acids is 4. The minimum Gasteiger partial charge on any atom is -0.461 e. The van der Waals surface area contributed by atoms with Crippen molar-refractivity contribution in [2.45, 2.75) is 29.7 Å². The van der Waals surface area contributed by atoms with E-state index in [-0.39, 0.29) is 24.2 Å². The molecule has 1 N–H and O–H groups in total. The lowest BCUT2D eigenvalue weighted by atomic mass is 10.0. The maximum absolute atomic E-state index is 14.0. The summed E-state index contributed by atoms with van der Waals surface area (Å²) in [7, 11) is 1.56. The van der Waals surface area contributed by atoms with E-state index < -0.39 is 40.6 Å². The van der Waals surface area contributed by atoms with Crippen molar-refractivity contribution < 1.29 is 33.4 Å². The van der Waals surface area contributed by atoms with Crippen LogP contribution >= 0.6 is 23.5 Å².